The van der Waals surface area contributed by atoms with Crippen molar-refractivity contribution < 1.29 is 4.42 Å². The van der Waals surface area contributed by atoms with Crippen molar-refractivity contribution in [3.63, 3.8) is 0 Å². The average molecular weight is 503 g/mol. The summed E-state index contributed by atoms with van der Waals surface area (Å²) in [5.74, 6) is 0. The molecule has 39 heavy (non-hydrogen) atoms. The zero-order valence-corrected chi connectivity index (χ0v) is 21.3. The van der Waals surface area contributed by atoms with E-state index >= 15 is 0 Å². The number of benzene rings is 6. The van der Waals surface area contributed by atoms with E-state index in [1.54, 1.807) is 0 Å². The van der Waals surface area contributed by atoms with Gasteiger partial charge in [0.1, 0.15) is 11.2 Å². The third kappa shape index (κ3) is 4.30. The molecule has 0 saturated heterocycles. The van der Waals surface area contributed by atoms with E-state index in [1.807, 2.05) is 42.5 Å². The zero-order chi connectivity index (χ0) is 26.2. The van der Waals surface area contributed by atoms with Gasteiger partial charge in [-0.2, -0.15) is 0 Å². The molecule has 3 nitrogen and oxygen atoms in total. The molecule has 0 saturated carbocycles. The first kappa shape index (κ1) is 22.9. The number of para-hydroxylation sites is 3. The SMILES string of the molecule is Nc1ccc(-c2cccc(-c3ccc(-c4cccc5c4oc4ccccc45)cc3Nc3ccccc3)c2)cc1. The summed E-state index contributed by atoms with van der Waals surface area (Å²) < 4.78 is 6.35. The van der Waals surface area contributed by atoms with Crippen LogP contribution in [0.25, 0.3) is 55.3 Å². The molecule has 0 aliphatic carbocycles. The number of rotatable bonds is 5. The molecule has 0 unspecified atom stereocenters. The lowest BCUT2D eigenvalue weighted by atomic mass is 9.94. The van der Waals surface area contributed by atoms with Crippen molar-refractivity contribution in [2.24, 2.45) is 0 Å². The van der Waals surface area contributed by atoms with Crippen LogP contribution >= 0.6 is 0 Å². The second kappa shape index (κ2) is 9.55. The van der Waals surface area contributed by atoms with Crippen LogP contribution in [0.2, 0.25) is 0 Å². The molecule has 0 spiro atoms. The number of fused-ring (bicyclic) bond motifs is 3. The van der Waals surface area contributed by atoms with Crippen molar-refractivity contribution in [1.82, 2.24) is 0 Å². The second-order valence-corrected chi connectivity index (χ2v) is 9.73. The van der Waals surface area contributed by atoms with Crippen molar-refractivity contribution in [1.29, 1.82) is 0 Å². The first-order valence-corrected chi connectivity index (χ1v) is 13.1. The second-order valence-electron chi connectivity index (χ2n) is 9.73. The highest BCUT2D eigenvalue weighted by Crippen LogP contribution is 2.40. The van der Waals surface area contributed by atoms with E-state index in [4.69, 9.17) is 10.2 Å². The minimum absolute atomic E-state index is 0.763. The van der Waals surface area contributed by atoms with Gasteiger partial charge in [-0.05, 0) is 64.7 Å². The summed E-state index contributed by atoms with van der Waals surface area (Å²) in [5, 5.41) is 5.93. The number of furan rings is 1. The first-order valence-electron chi connectivity index (χ1n) is 13.1. The third-order valence-electron chi connectivity index (χ3n) is 7.21. The summed E-state index contributed by atoms with van der Waals surface area (Å²) in [6.07, 6.45) is 0. The van der Waals surface area contributed by atoms with Crippen LogP contribution in [0.3, 0.4) is 0 Å². The van der Waals surface area contributed by atoms with Gasteiger partial charge in [0.15, 0.2) is 0 Å². The van der Waals surface area contributed by atoms with Gasteiger partial charge < -0.3 is 15.5 Å². The van der Waals surface area contributed by atoms with E-state index in [0.29, 0.717) is 0 Å². The van der Waals surface area contributed by atoms with Gasteiger partial charge in [-0.15, -0.1) is 0 Å². The van der Waals surface area contributed by atoms with E-state index in [0.717, 1.165) is 72.4 Å². The predicted molar refractivity (Wildman–Crippen MR) is 164 cm³/mol. The fraction of sp³-hybridized carbons (Fsp3) is 0. The van der Waals surface area contributed by atoms with Crippen LogP contribution in [-0.2, 0) is 0 Å². The molecule has 6 aromatic carbocycles. The molecule has 0 atom stereocenters. The van der Waals surface area contributed by atoms with Crippen molar-refractivity contribution in [2.45, 2.75) is 0 Å². The molecule has 186 valence electrons. The zero-order valence-electron chi connectivity index (χ0n) is 21.3. The fourth-order valence-corrected chi connectivity index (χ4v) is 5.26. The minimum atomic E-state index is 0.763. The molecule has 3 heteroatoms. The van der Waals surface area contributed by atoms with Crippen LogP contribution in [0.15, 0.2) is 144 Å². The van der Waals surface area contributed by atoms with Gasteiger partial charge in [-0.1, -0.05) is 97.1 Å². The lowest BCUT2D eigenvalue weighted by Crippen LogP contribution is -1.95. The highest BCUT2D eigenvalue weighted by Gasteiger charge is 2.15. The van der Waals surface area contributed by atoms with Crippen LogP contribution in [0, 0.1) is 0 Å². The number of hydrogen-bond donors (Lipinski definition) is 2. The highest BCUT2D eigenvalue weighted by atomic mass is 16.3. The molecule has 3 N–H and O–H groups in total. The van der Waals surface area contributed by atoms with Crippen molar-refractivity contribution in [3.8, 4) is 33.4 Å². The smallest absolute Gasteiger partial charge is 0.143 e. The maximum absolute atomic E-state index is 6.35. The molecular formula is C36H26N2O. The average Bonchev–Trinajstić information content (AvgIpc) is 3.37. The molecule has 7 aromatic rings. The lowest BCUT2D eigenvalue weighted by Gasteiger charge is -2.16. The molecular weight excluding hydrogens is 476 g/mol. The summed E-state index contributed by atoms with van der Waals surface area (Å²) in [7, 11) is 0. The van der Waals surface area contributed by atoms with E-state index < -0.39 is 0 Å². The summed E-state index contributed by atoms with van der Waals surface area (Å²) in [4.78, 5) is 0. The largest absolute Gasteiger partial charge is 0.455 e. The predicted octanol–water partition coefficient (Wildman–Crippen LogP) is 9.91. The highest BCUT2D eigenvalue weighted by molar-refractivity contribution is 6.09. The summed E-state index contributed by atoms with van der Waals surface area (Å²) in [5.41, 5.74) is 17.3. The van der Waals surface area contributed by atoms with Crippen molar-refractivity contribution in [3.05, 3.63) is 140 Å². The molecule has 0 radical (unpaired) electrons. The van der Waals surface area contributed by atoms with Gasteiger partial charge in [0.25, 0.3) is 0 Å². The molecule has 0 fully saturated rings. The van der Waals surface area contributed by atoms with Gasteiger partial charge in [-0.25, -0.2) is 0 Å². The number of anilines is 3. The van der Waals surface area contributed by atoms with Crippen LogP contribution in [-0.4, -0.2) is 0 Å². The molecule has 0 bridgehead atoms. The van der Waals surface area contributed by atoms with Gasteiger partial charge in [0.2, 0.25) is 0 Å². The van der Waals surface area contributed by atoms with Crippen LogP contribution in [0.4, 0.5) is 17.1 Å². The molecule has 7 rings (SSSR count). The quantitative estimate of drug-likeness (QED) is 0.230. The maximum atomic E-state index is 6.35. The van der Waals surface area contributed by atoms with E-state index in [9.17, 15) is 0 Å². The Labute approximate surface area is 227 Å². The third-order valence-corrected chi connectivity index (χ3v) is 7.21. The van der Waals surface area contributed by atoms with Crippen molar-refractivity contribution >= 4 is 39.0 Å². The Balaban J connectivity index is 1.38. The van der Waals surface area contributed by atoms with Gasteiger partial charge >= 0.3 is 0 Å². The Morgan fingerprint density at radius 1 is 0.487 bits per heavy atom. The number of nitrogens with two attached hydrogens (primary N) is 1. The number of nitrogen functional groups attached to an aromatic ring is 1. The Morgan fingerprint density at radius 2 is 1.18 bits per heavy atom. The minimum Gasteiger partial charge on any atom is -0.455 e. The van der Waals surface area contributed by atoms with E-state index in [2.05, 4.69) is 102 Å². The normalized spacial score (nSPS) is 11.2. The standard InChI is InChI=1S/C36H26N2O/c37-28-19-16-24(17-20-28)25-8-6-9-26(22-25)30-21-18-27(23-34(30)38-29-10-2-1-3-11-29)31-13-7-14-33-32-12-4-5-15-35(32)39-36(31)33/h1-23,38H,37H2. The Hall–Kier alpha value is -5.28. The van der Waals surface area contributed by atoms with Gasteiger partial charge in [0, 0.05) is 39.0 Å². The molecule has 0 aliphatic rings. The number of nitrogens with one attached hydrogen (secondary N) is 1. The maximum Gasteiger partial charge on any atom is 0.143 e. The first-order chi connectivity index (χ1) is 19.2. The van der Waals surface area contributed by atoms with Gasteiger partial charge in [-0.3, -0.25) is 0 Å². The van der Waals surface area contributed by atoms with Crippen LogP contribution in [0.5, 0.6) is 0 Å². The lowest BCUT2D eigenvalue weighted by molar-refractivity contribution is 0.670. The van der Waals surface area contributed by atoms with E-state index in [-0.39, 0.29) is 0 Å². The van der Waals surface area contributed by atoms with Crippen LogP contribution in [0.1, 0.15) is 0 Å². The molecule has 0 aliphatic heterocycles. The molecule has 1 heterocycles. The van der Waals surface area contributed by atoms with Gasteiger partial charge in [0.05, 0.1) is 0 Å². The number of hydrogen-bond acceptors (Lipinski definition) is 3. The summed E-state index contributed by atoms with van der Waals surface area (Å²) >= 11 is 0. The topological polar surface area (TPSA) is 51.2 Å². The Bertz CT molecular complexity index is 1940. The Morgan fingerprint density at radius 3 is 2.05 bits per heavy atom. The van der Waals surface area contributed by atoms with E-state index in [1.165, 1.54) is 0 Å². The summed E-state index contributed by atoms with van der Waals surface area (Å²) in [6.45, 7) is 0. The summed E-state index contributed by atoms with van der Waals surface area (Å²) in [6, 6.07) is 48.1. The van der Waals surface area contributed by atoms with Crippen LogP contribution < -0.4 is 11.1 Å². The molecule has 1 aromatic heterocycles. The van der Waals surface area contributed by atoms with Crippen molar-refractivity contribution in [2.75, 3.05) is 11.1 Å². The Kier molecular flexibility index (Phi) is 5.60. The monoisotopic (exact) mass is 502 g/mol. The molecule has 0 amide bonds. The fourth-order valence-electron chi connectivity index (χ4n) is 5.26.